The highest BCUT2D eigenvalue weighted by molar-refractivity contribution is 6.12. The van der Waals surface area contributed by atoms with E-state index < -0.39 is 40.2 Å². The minimum absolute atomic E-state index is 0.0317. The molecule has 0 fully saturated rings. The summed E-state index contributed by atoms with van der Waals surface area (Å²) in [5.41, 5.74) is -2.70. The van der Waals surface area contributed by atoms with Crippen molar-refractivity contribution in [2.24, 2.45) is 5.41 Å². The fourth-order valence-electron chi connectivity index (χ4n) is 1.48. The van der Waals surface area contributed by atoms with Gasteiger partial charge in [0.2, 0.25) is 0 Å². The summed E-state index contributed by atoms with van der Waals surface area (Å²) >= 11 is 0. The van der Waals surface area contributed by atoms with Crippen LogP contribution in [-0.4, -0.2) is 18.4 Å². The number of esters is 1. The van der Waals surface area contributed by atoms with Gasteiger partial charge in [-0.25, -0.2) is 13.2 Å². The molecule has 0 N–H and O–H groups in total. The molecule has 0 unspecified atom stereocenters. The summed E-state index contributed by atoms with van der Waals surface area (Å²) in [6.45, 7) is 3.95. The lowest BCUT2D eigenvalue weighted by Gasteiger charge is -2.21. The Morgan fingerprint density at radius 1 is 1.16 bits per heavy atom. The third kappa shape index (κ3) is 2.94. The highest BCUT2D eigenvalue weighted by atomic mass is 19.1. The van der Waals surface area contributed by atoms with Crippen molar-refractivity contribution < 1.29 is 27.5 Å². The Kier molecular flexibility index (Phi) is 4.34. The molecule has 0 heterocycles. The summed E-state index contributed by atoms with van der Waals surface area (Å²) in [5.74, 6) is -5.83. The molecular formula is C13H13F3O3. The fraction of sp³-hybridized carbons (Fsp3) is 0.385. The number of ketones is 1. The van der Waals surface area contributed by atoms with Crippen LogP contribution in [-0.2, 0) is 9.53 Å². The molecule has 0 aliphatic carbocycles. The van der Waals surface area contributed by atoms with Gasteiger partial charge >= 0.3 is 5.97 Å². The van der Waals surface area contributed by atoms with E-state index in [1.165, 1.54) is 20.8 Å². The highest BCUT2D eigenvalue weighted by Gasteiger charge is 2.40. The Morgan fingerprint density at radius 3 is 2.05 bits per heavy atom. The second kappa shape index (κ2) is 5.42. The Hall–Kier alpha value is -1.85. The highest BCUT2D eigenvalue weighted by Crippen LogP contribution is 2.27. The molecule has 6 heteroatoms. The van der Waals surface area contributed by atoms with E-state index in [1.54, 1.807) is 0 Å². The van der Waals surface area contributed by atoms with Crippen LogP contribution in [0.15, 0.2) is 12.1 Å². The summed E-state index contributed by atoms with van der Waals surface area (Å²) in [7, 11) is 0. The molecule has 0 aliphatic rings. The summed E-state index contributed by atoms with van der Waals surface area (Å²) in [5, 5.41) is 0. The van der Waals surface area contributed by atoms with E-state index in [-0.39, 0.29) is 6.61 Å². The van der Waals surface area contributed by atoms with Crippen molar-refractivity contribution in [3.8, 4) is 0 Å². The van der Waals surface area contributed by atoms with E-state index in [1.807, 2.05) is 0 Å². The molecule has 0 atom stereocenters. The predicted molar refractivity (Wildman–Crippen MR) is 61.1 cm³/mol. The molecule has 0 aromatic heterocycles. The van der Waals surface area contributed by atoms with Crippen LogP contribution in [0.4, 0.5) is 13.2 Å². The van der Waals surface area contributed by atoms with E-state index in [0.29, 0.717) is 12.1 Å². The van der Waals surface area contributed by atoms with Crippen molar-refractivity contribution in [1.82, 2.24) is 0 Å². The van der Waals surface area contributed by atoms with Crippen LogP contribution in [0.2, 0.25) is 0 Å². The standard InChI is InChI=1S/C13H13F3O3/c1-4-19-12(18)13(2,3)11(17)10-8(15)5-7(14)6-9(10)16/h5-6H,4H2,1-3H3. The first-order chi connectivity index (χ1) is 8.71. The van der Waals surface area contributed by atoms with Gasteiger partial charge in [-0.2, -0.15) is 0 Å². The molecule has 104 valence electrons. The zero-order chi connectivity index (χ0) is 14.8. The summed E-state index contributed by atoms with van der Waals surface area (Å²) in [6.07, 6.45) is 0. The van der Waals surface area contributed by atoms with Gasteiger partial charge in [0, 0.05) is 12.1 Å². The van der Waals surface area contributed by atoms with Crippen LogP contribution >= 0.6 is 0 Å². The molecule has 3 nitrogen and oxygen atoms in total. The average Bonchev–Trinajstić information content (AvgIpc) is 2.27. The van der Waals surface area contributed by atoms with Crippen LogP contribution in [0, 0.1) is 22.9 Å². The zero-order valence-corrected chi connectivity index (χ0v) is 10.7. The number of hydrogen-bond donors (Lipinski definition) is 0. The Morgan fingerprint density at radius 2 is 1.63 bits per heavy atom. The van der Waals surface area contributed by atoms with Crippen LogP contribution in [0.5, 0.6) is 0 Å². The Bertz CT molecular complexity index is 501. The number of hydrogen-bond acceptors (Lipinski definition) is 3. The van der Waals surface area contributed by atoms with E-state index in [4.69, 9.17) is 0 Å². The van der Waals surface area contributed by atoms with Crippen LogP contribution < -0.4 is 0 Å². The minimum atomic E-state index is -1.75. The quantitative estimate of drug-likeness (QED) is 0.481. The van der Waals surface area contributed by atoms with Gasteiger partial charge in [0.15, 0.2) is 5.78 Å². The predicted octanol–water partition coefficient (Wildman–Crippen LogP) is 2.88. The molecule has 0 bridgehead atoms. The smallest absolute Gasteiger partial charge is 0.319 e. The van der Waals surface area contributed by atoms with Gasteiger partial charge in [0.05, 0.1) is 12.2 Å². The van der Waals surface area contributed by atoms with Crippen LogP contribution in [0.3, 0.4) is 0 Å². The van der Waals surface area contributed by atoms with Crippen molar-refractivity contribution in [3.63, 3.8) is 0 Å². The van der Waals surface area contributed by atoms with E-state index >= 15 is 0 Å². The number of carbonyl (C=O) groups excluding carboxylic acids is 2. The number of benzene rings is 1. The molecule has 1 aromatic carbocycles. The maximum atomic E-state index is 13.5. The van der Waals surface area contributed by atoms with Crippen LogP contribution in [0.25, 0.3) is 0 Å². The number of ether oxygens (including phenoxy) is 1. The minimum Gasteiger partial charge on any atom is -0.465 e. The van der Waals surface area contributed by atoms with Crippen molar-refractivity contribution >= 4 is 11.8 Å². The summed E-state index contributed by atoms with van der Waals surface area (Å²) < 4.78 is 44.4. The molecule has 0 spiro atoms. The van der Waals surface area contributed by atoms with Gasteiger partial charge in [-0.05, 0) is 20.8 Å². The molecule has 0 saturated heterocycles. The Labute approximate surface area is 108 Å². The van der Waals surface area contributed by atoms with E-state index in [2.05, 4.69) is 4.74 Å². The molecule has 0 aliphatic heterocycles. The van der Waals surface area contributed by atoms with Crippen molar-refractivity contribution in [1.29, 1.82) is 0 Å². The molecule has 1 aromatic rings. The number of halogens is 3. The van der Waals surface area contributed by atoms with Crippen molar-refractivity contribution in [3.05, 3.63) is 35.1 Å². The summed E-state index contributed by atoms with van der Waals surface area (Å²) in [6, 6.07) is 0.773. The lowest BCUT2D eigenvalue weighted by Crippen LogP contribution is -2.36. The zero-order valence-electron chi connectivity index (χ0n) is 10.7. The lowest BCUT2D eigenvalue weighted by atomic mass is 9.84. The summed E-state index contributed by atoms with van der Waals surface area (Å²) in [4.78, 5) is 23.6. The van der Waals surface area contributed by atoms with Gasteiger partial charge in [0.1, 0.15) is 22.9 Å². The topological polar surface area (TPSA) is 43.4 Å². The molecule has 19 heavy (non-hydrogen) atoms. The number of Topliss-reactive ketones (excluding diaryl/α,β-unsaturated/α-hetero) is 1. The fourth-order valence-corrected chi connectivity index (χ4v) is 1.48. The number of carbonyl (C=O) groups is 2. The number of rotatable bonds is 4. The van der Waals surface area contributed by atoms with Gasteiger partial charge in [-0.3, -0.25) is 9.59 Å². The van der Waals surface area contributed by atoms with Crippen molar-refractivity contribution in [2.45, 2.75) is 20.8 Å². The molecule has 0 saturated carbocycles. The molecule has 1 rings (SSSR count). The first-order valence-electron chi connectivity index (χ1n) is 5.58. The lowest BCUT2D eigenvalue weighted by molar-refractivity contribution is -0.150. The van der Waals surface area contributed by atoms with Crippen molar-refractivity contribution in [2.75, 3.05) is 6.61 Å². The van der Waals surface area contributed by atoms with Gasteiger partial charge < -0.3 is 4.74 Å². The van der Waals surface area contributed by atoms with Gasteiger partial charge in [-0.15, -0.1) is 0 Å². The molecular weight excluding hydrogens is 261 g/mol. The SMILES string of the molecule is CCOC(=O)C(C)(C)C(=O)c1c(F)cc(F)cc1F. The third-order valence-electron chi connectivity index (χ3n) is 2.59. The van der Waals surface area contributed by atoms with Crippen LogP contribution in [0.1, 0.15) is 31.1 Å². The molecule has 0 amide bonds. The maximum absolute atomic E-state index is 13.5. The van der Waals surface area contributed by atoms with E-state index in [9.17, 15) is 22.8 Å². The van der Waals surface area contributed by atoms with Gasteiger partial charge in [-0.1, -0.05) is 0 Å². The second-order valence-electron chi connectivity index (χ2n) is 4.42. The maximum Gasteiger partial charge on any atom is 0.319 e. The largest absolute Gasteiger partial charge is 0.465 e. The normalized spacial score (nSPS) is 11.3. The Balaban J connectivity index is 3.24. The van der Waals surface area contributed by atoms with Gasteiger partial charge in [0.25, 0.3) is 0 Å². The first kappa shape index (κ1) is 15.2. The monoisotopic (exact) mass is 274 g/mol. The van der Waals surface area contributed by atoms with E-state index in [0.717, 1.165) is 0 Å². The first-order valence-corrected chi connectivity index (χ1v) is 5.58. The average molecular weight is 274 g/mol. The second-order valence-corrected chi connectivity index (χ2v) is 4.42. The third-order valence-corrected chi connectivity index (χ3v) is 2.59. The molecule has 0 radical (unpaired) electrons.